The lowest BCUT2D eigenvalue weighted by Crippen LogP contribution is -2.44. The molecule has 1 amide bonds. The van der Waals surface area contributed by atoms with Crippen molar-refractivity contribution in [2.24, 2.45) is 5.92 Å². The first-order chi connectivity index (χ1) is 16.4. The molecule has 4 rings (SSSR count). The number of allylic oxidation sites excluding steroid dienone is 5. The van der Waals surface area contributed by atoms with E-state index in [1.165, 1.54) is 33.3 Å². The molecule has 0 spiro atoms. The number of hydrogen-bond donors (Lipinski definition) is 2. The van der Waals surface area contributed by atoms with Crippen LogP contribution in [0.25, 0.3) is 16.5 Å². The van der Waals surface area contributed by atoms with Gasteiger partial charge in [-0.2, -0.15) is 0 Å². The molecule has 0 atom stereocenters. The van der Waals surface area contributed by atoms with E-state index >= 15 is 0 Å². The maximum atomic E-state index is 13.0. The number of nitrogens with one attached hydrogen (secondary N) is 2. The fourth-order valence-corrected chi connectivity index (χ4v) is 5.72. The SMILES string of the molecule is C=C(C)/C=C(\C=CC)c1[nH]c2ccc(C3CCN(C(=O)C4CCNCC4)CC3)cc2c1C(C)C. The van der Waals surface area contributed by atoms with Gasteiger partial charge in [-0.1, -0.05) is 50.3 Å². The van der Waals surface area contributed by atoms with E-state index in [0.717, 1.165) is 57.4 Å². The van der Waals surface area contributed by atoms with E-state index in [9.17, 15) is 4.79 Å². The van der Waals surface area contributed by atoms with Gasteiger partial charge in [0.2, 0.25) is 5.91 Å². The predicted molar refractivity (Wildman–Crippen MR) is 144 cm³/mol. The van der Waals surface area contributed by atoms with Gasteiger partial charge in [-0.3, -0.25) is 4.79 Å². The number of rotatable bonds is 6. The summed E-state index contributed by atoms with van der Waals surface area (Å²) in [6, 6.07) is 6.95. The van der Waals surface area contributed by atoms with E-state index in [1.807, 2.05) is 6.92 Å². The number of likely N-dealkylation sites (tertiary alicyclic amines) is 1. The molecule has 0 bridgehead atoms. The van der Waals surface area contributed by atoms with E-state index in [4.69, 9.17) is 0 Å². The molecule has 0 aliphatic carbocycles. The summed E-state index contributed by atoms with van der Waals surface area (Å²) in [5, 5.41) is 4.69. The molecule has 0 saturated carbocycles. The molecule has 0 unspecified atom stereocenters. The van der Waals surface area contributed by atoms with Crippen molar-refractivity contribution < 1.29 is 4.79 Å². The lowest BCUT2D eigenvalue weighted by atomic mass is 9.86. The van der Waals surface area contributed by atoms with Gasteiger partial charge in [-0.05, 0) is 93.3 Å². The fraction of sp³-hybridized carbons (Fsp3) is 0.500. The Labute approximate surface area is 205 Å². The third-order valence-corrected chi connectivity index (χ3v) is 7.44. The summed E-state index contributed by atoms with van der Waals surface area (Å²) in [7, 11) is 0. The Morgan fingerprint density at radius 1 is 1.15 bits per heavy atom. The van der Waals surface area contributed by atoms with Crippen LogP contribution in [0.2, 0.25) is 0 Å². The molecule has 1 aromatic heterocycles. The van der Waals surface area contributed by atoms with Crippen LogP contribution in [0.3, 0.4) is 0 Å². The van der Waals surface area contributed by atoms with Gasteiger partial charge in [0, 0.05) is 35.6 Å². The Morgan fingerprint density at radius 2 is 1.85 bits per heavy atom. The summed E-state index contributed by atoms with van der Waals surface area (Å²) in [5.74, 6) is 1.52. The van der Waals surface area contributed by atoms with Gasteiger partial charge in [0.25, 0.3) is 0 Å². The van der Waals surface area contributed by atoms with Gasteiger partial charge < -0.3 is 15.2 Å². The Bertz CT molecular complexity index is 1090. The van der Waals surface area contributed by atoms with Crippen LogP contribution >= 0.6 is 0 Å². The maximum absolute atomic E-state index is 13.0. The minimum absolute atomic E-state index is 0.222. The Morgan fingerprint density at radius 3 is 2.47 bits per heavy atom. The second kappa shape index (κ2) is 10.8. The molecule has 1 aromatic carbocycles. The summed E-state index contributed by atoms with van der Waals surface area (Å²) in [6.45, 7) is 16.5. The standard InChI is InChI=1S/C30H41N3O/c1-6-7-25(18-20(2)3)29-28(21(4)5)26-19-24(8-9-27(26)32-29)22-12-16-33(17-13-22)30(34)23-10-14-31-15-11-23/h6-9,18-19,21-23,31-32H,2,10-17H2,1,3-5H3/b7-6?,25-18+. The average molecular weight is 460 g/mol. The summed E-state index contributed by atoms with van der Waals surface area (Å²) < 4.78 is 0. The highest BCUT2D eigenvalue weighted by molar-refractivity contribution is 5.92. The Kier molecular flexibility index (Phi) is 7.77. The Balaban J connectivity index is 1.57. The zero-order valence-corrected chi connectivity index (χ0v) is 21.4. The normalized spacial score (nSPS) is 19.0. The van der Waals surface area contributed by atoms with Crippen molar-refractivity contribution in [3.8, 4) is 0 Å². The molecule has 34 heavy (non-hydrogen) atoms. The highest BCUT2D eigenvalue weighted by Crippen LogP contribution is 2.37. The van der Waals surface area contributed by atoms with E-state index in [2.05, 4.69) is 79.0 Å². The van der Waals surface area contributed by atoms with E-state index in [-0.39, 0.29) is 5.92 Å². The predicted octanol–water partition coefficient (Wildman–Crippen LogP) is 6.53. The zero-order valence-electron chi connectivity index (χ0n) is 21.4. The molecular formula is C30H41N3O. The molecular weight excluding hydrogens is 418 g/mol. The first-order valence-corrected chi connectivity index (χ1v) is 13.0. The summed E-state index contributed by atoms with van der Waals surface area (Å²) in [5.41, 5.74) is 7.41. The van der Waals surface area contributed by atoms with Crippen LogP contribution in [0.5, 0.6) is 0 Å². The number of amides is 1. The lowest BCUT2D eigenvalue weighted by molar-refractivity contribution is -0.137. The average Bonchev–Trinajstić information content (AvgIpc) is 3.23. The molecule has 2 aromatic rings. The fourth-order valence-electron chi connectivity index (χ4n) is 5.72. The van der Waals surface area contributed by atoms with E-state index in [0.29, 0.717) is 17.7 Å². The second-order valence-electron chi connectivity index (χ2n) is 10.4. The number of benzene rings is 1. The second-order valence-corrected chi connectivity index (χ2v) is 10.4. The van der Waals surface area contributed by atoms with Gasteiger partial charge >= 0.3 is 0 Å². The third-order valence-electron chi connectivity index (χ3n) is 7.44. The minimum atomic E-state index is 0.222. The zero-order chi connectivity index (χ0) is 24.2. The number of carbonyl (C=O) groups is 1. The largest absolute Gasteiger partial charge is 0.354 e. The number of aromatic nitrogens is 1. The molecule has 3 heterocycles. The molecule has 2 saturated heterocycles. The van der Waals surface area contributed by atoms with Gasteiger partial charge in [0.1, 0.15) is 0 Å². The molecule has 0 radical (unpaired) electrons. The van der Waals surface area contributed by atoms with Crippen LogP contribution in [0.1, 0.15) is 82.0 Å². The number of hydrogen-bond acceptors (Lipinski definition) is 2. The van der Waals surface area contributed by atoms with Crippen LogP contribution in [-0.4, -0.2) is 42.0 Å². The van der Waals surface area contributed by atoms with E-state index < -0.39 is 0 Å². The van der Waals surface area contributed by atoms with Gasteiger partial charge in [-0.15, -0.1) is 0 Å². The molecule has 2 aliphatic rings. The van der Waals surface area contributed by atoms with E-state index in [1.54, 1.807) is 0 Å². The summed E-state index contributed by atoms with van der Waals surface area (Å²) in [6.07, 6.45) is 10.5. The first-order valence-electron chi connectivity index (χ1n) is 13.0. The monoisotopic (exact) mass is 459 g/mol. The smallest absolute Gasteiger partial charge is 0.225 e. The first kappa shape index (κ1) is 24.5. The van der Waals surface area contributed by atoms with Gasteiger partial charge in [0.15, 0.2) is 0 Å². The van der Waals surface area contributed by atoms with Gasteiger partial charge in [-0.25, -0.2) is 0 Å². The van der Waals surface area contributed by atoms with Crippen LogP contribution in [0.15, 0.2) is 48.6 Å². The van der Waals surface area contributed by atoms with Crippen molar-refractivity contribution in [2.75, 3.05) is 26.2 Å². The molecule has 2 aliphatic heterocycles. The van der Waals surface area contributed by atoms with Crippen molar-refractivity contribution in [1.29, 1.82) is 0 Å². The topological polar surface area (TPSA) is 48.1 Å². The highest BCUT2D eigenvalue weighted by atomic mass is 16.2. The van der Waals surface area contributed by atoms with Crippen LogP contribution < -0.4 is 5.32 Å². The summed E-state index contributed by atoms with van der Waals surface area (Å²) >= 11 is 0. The molecule has 4 heteroatoms. The number of H-pyrrole nitrogens is 1. The highest BCUT2D eigenvalue weighted by Gasteiger charge is 2.30. The molecule has 2 fully saturated rings. The van der Waals surface area contributed by atoms with Crippen molar-refractivity contribution in [3.63, 3.8) is 0 Å². The van der Waals surface area contributed by atoms with Crippen LogP contribution in [-0.2, 0) is 4.79 Å². The third kappa shape index (κ3) is 5.22. The van der Waals surface area contributed by atoms with Crippen molar-refractivity contribution in [3.05, 3.63) is 65.4 Å². The Hall–Kier alpha value is -2.59. The van der Waals surface area contributed by atoms with Crippen molar-refractivity contribution in [1.82, 2.24) is 15.2 Å². The number of piperidine rings is 2. The van der Waals surface area contributed by atoms with Crippen molar-refractivity contribution in [2.45, 2.75) is 65.2 Å². The quantitative estimate of drug-likeness (QED) is 0.482. The van der Waals surface area contributed by atoms with Crippen LogP contribution in [0.4, 0.5) is 0 Å². The molecule has 2 N–H and O–H groups in total. The molecule has 4 nitrogen and oxygen atoms in total. The number of carbonyl (C=O) groups excluding carboxylic acids is 1. The maximum Gasteiger partial charge on any atom is 0.225 e. The number of aromatic amines is 1. The van der Waals surface area contributed by atoms with Crippen LogP contribution in [0, 0.1) is 5.92 Å². The minimum Gasteiger partial charge on any atom is -0.354 e. The number of fused-ring (bicyclic) bond motifs is 1. The summed E-state index contributed by atoms with van der Waals surface area (Å²) in [4.78, 5) is 18.8. The number of nitrogens with zero attached hydrogens (tertiary/aromatic N) is 1. The van der Waals surface area contributed by atoms with Crippen molar-refractivity contribution >= 4 is 22.4 Å². The lowest BCUT2D eigenvalue weighted by Gasteiger charge is -2.35. The van der Waals surface area contributed by atoms with Gasteiger partial charge in [0.05, 0.1) is 0 Å². The molecule has 182 valence electrons.